The van der Waals surface area contributed by atoms with Crippen LogP contribution >= 0.6 is 11.9 Å². The second kappa shape index (κ2) is 7.25. The predicted molar refractivity (Wildman–Crippen MR) is 92.3 cm³/mol. The Morgan fingerprint density at radius 3 is 2.67 bits per heavy atom. The molecule has 4 amide bonds. The van der Waals surface area contributed by atoms with Crippen LogP contribution in [-0.4, -0.2) is 53.0 Å². The molecule has 0 spiro atoms. The number of amides is 4. The highest BCUT2D eigenvalue weighted by Gasteiger charge is 2.47. The van der Waals surface area contributed by atoms with Gasteiger partial charge in [0.1, 0.15) is 6.04 Å². The van der Waals surface area contributed by atoms with E-state index in [-0.39, 0.29) is 30.2 Å². The third-order valence-electron chi connectivity index (χ3n) is 4.62. The van der Waals surface area contributed by atoms with Crippen LogP contribution in [0, 0.1) is 0 Å². The number of β-lactam (4-membered cyclic amide) rings is 1. The molecule has 0 saturated carbocycles. The van der Waals surface area contributed by atoms with Crippen molar-refractivity contribution in [3.63, 3.8) is 0 Å². The summed E-state index contributed by atoms with van der Waals surface area (Å²) < 4.78 is 2.60. The smallest absolute Gasteiger partial charge is 0.324 e. The number of nitrogens with one attached hydrogen (secondary N) is 1. The quantitative estimate of drug-likeness (QED) is 0.670. The molecule has 24 heavy (non-hydrogen) atoms. The number of hydrogen-bond acceptors (Lipinski definition) is 4. The van der Waals surface area contributed by atoms with Gasteiger partial charge in [0.25, 0.3) is 5.91 Å². The van der Waals surface area contributed by atoms with E-state index in [0.717, 1.165) is 17.7 Å². The minimum absolute atomic E-state index is 0.105. The van der Waals surface area contributed by atoms with Crippen molar-refractivity contribution >= 4 is 29.8 Å². The third-order valence-corrected chi connectivity index (χ3v) is 5.03. The standard InChI is InChI=1S/C17H21N3O3S/c1-24-18-16(22)14-10-15(21)20(14)17(23)19-9-5-8-13(11-19)12-6-3-2-4-7-12/h2-4,6-7,13-14H,5,8-11H2,1H3,(H,18,22)/t13-,14?/m0/s1. The van der Waals surface area contributed by atoms with Gasteiger partial charge in [-0.1, -0.05) is 42.3 Å². The molecule has 0 aliphatic carbocycles. The van der Waals surface area contributed by atoms with Crippen molar-refractivity contribution in [2.24, 2.45) is 0 Å². The van der Waals surface area contributed by atoms with Gasteiger partial charge >= 0.3 is 6.03 Å². The average Bonchev–Trinajstić information content (AvgIpc) is 2.60. The van der Waals surface area contributed by atoms with E-state index in [4.69, 9.17) is 0 Å². The second-order valence-corrected chi connectivity index (χ2v) is 6.74. The van der Waals surface area contributed by atoms with Crippen molar-refractivity contribution in [3.8, 4) is 0 Å². The van der Waals surface area contributed by atoms with Crippen LogP contribution in [0.4, 0.5) is 4.79 Å². The maximum atomic E-state index is 12.7. The van der Waals surface area contributed by atoms with Crippen molar-refractivity contribution in [3.05, 3.63) is 35.9 Å². The molecule has 7 heteroatoms. The summed E-state index contributed by atoms with van der Waals surface area (Å²) >= 11 is 1.17. The van der Waals surface area contributed by atoms with Gasteiger partial charge in [-0.3, -0.25) is 19.2 Å². The topological polar surface area (TPSA) is 69.7 Å². The molecular formula is C17H21N3O3S. The summed E-state index contributed by atoms with van der Waals surface area (Å²) in [6.07, 6.45) is 3.76. The first-order chi connectivity index (χ1) is 11.6. The fourth-order valence-electron chi connectivity index (χ4n) is 3.34. The van der Waals surface area contributed by atoms with E-state index in [1.807, 2.05) is 18.2 Å². The zero-order chi connectivity index (χ0) is 17.1. The number of likely N-dealkylation sites (tertiary alicyclic amines) is 2. The van der Waals surface area contributed by atoms with Crippen molar-refractivity contribution in [1.82, 2.24) is 14.5 Å². The molecule has 1 unspecified atom stereocenters. The van der Waals surface area contributed by atoms with Crippen LogP contribution < -0.4 is 4.72 Å². The number of benzene rings is 1. The number of rotatable bonds is 3. The Morgan fingerprint density at radius 2 is 2.00 bits per heavy atom. The molecule has 0 aromatic heterocycles. The predicted octanol–water partition coefficient (Wildman–Crippen LogP) is 1.98. The van der Waals surface area contributed by atoms with E-state index in [2.05, 4.69) is 16.9 Å². The highest BCUT2D eigenvalue weighted by molar-refractivity contribution is 7.97. The first-order valence-electron chi connectivity index (χ1n) is 8.10. The van der Waals surface area contributed by atoms with E-state index in [9.17, 15) is 14.4 Å². The average molecular weight is 347 g/mol. The monoisotopic (exact) mass is 347 g/mol. The third kappa shape index (κ3) is 3.26. The molecular weight excluding hydrogens is 326 g/mol. The van der Waals surface area contributed by atoms with Crippen LogP contribution in [0.5, 0.6) is 0 Å². The van der Waals surface area contributed by atoms with Gasteiger partial charge in [-0.2, -0.15) is 0 Å². The van der Waals surface area contributed by atoms with Gasteiger partial charge in [0, 0.05) is 25.3 Å². The lowest BCUT2D eigenvalue weighted by Gasteiger charge is -2.42. The van der Waals surface area contributed by atoms with Crippen LogP contribution in [0.25, 0.3) is 0 Å². The van der Waals surface area contributed by atoms with E-state index in [1.54, 1.807) is 11.2 Å². The second-order valence-electron chi connectivity index (χ2n) is 6.13. The Morgan fingerprint density at radius 1 is 1.25 bits per heavy atom. The summed E-state index contributed by atoms with van der Waals surface area (Å²) in [4.78, 5) is 39.4. The Kier molecular flexibility index (Phi) is 5.08. The molecule has 6 nitrogen and oxygen atoms in total. The van der Waals surface area contributed by atoms with E-state index in [0.29, 0.717) is 13.1 Å². The number of urea groups is 1. The highest BCUT2D eigenvalue weighted by atomic mass is 32.2. The maximum Gasteiger partial charge on any atom is 0.327 e. The van der Waals surface area contributed by atoms with Gasteiger partial charge in [0.15, 0.2) is 0 Å². The van der Waals surface area contributed by atoms with Crippen LogP contribution in [0.3, 0.4) is 0 Å². The Labute approximate surface area is 145 Å². The number of carbonyl (C=O) groups is 3. The van der Waals surface area contributed by atoms with Gasteiger partial charge in [-0.15, -0.1) is 0 Å². The molecule has 2 fully saturated rings. The summed E-state index contributed by atoms with van der Waals surface area (Å²) in [5, 5.41) is 0. The number of hydrogen-bond donors (Lipinski definition) is 1. The van der Waals surface area contributed by atoms with Crippen molar-refractivity contribution in [1.29, 1.82) is 0 Å². The first-order valence-corrected chi connectivity index (χ1v) is 9.33. The minimum Gasteiger partial charge on any atom is -0.324 e. The van der Waals surface area contributed by atoms with Crippen LogP contribution in [0.1, 0.15) is 30.7 Å². The summed E-state index contributed by atoms with van der Waals surface area (Å²) in [6.45, 7) is 1.21. The Hall–Kier alpha value is -2.02. The Balaban J connectivity index is 1.68. The summed E-state index contributed by atoms with van der Waals surface area (Å²) in [6, 6.07) is 9.10. The normalized spacial score (nSPS) is 23.6. The van der Waals surface area contributed by atoms with Crippen molar-refractivity contribution in [2.45, 2.75) is 31.2 Å². The number of nitrogens with zero attached hydrogens (tertiary/aromatic N) is 2. The zero-order valence-electron chi connectivity index (χ0n) is 13.6. The van der Waals surface area contributed by atoms with Gasteiger partial charge in [-0.05, 0) is 18.4 Å². The molecule has 2 aliphatic heterocycles. The van der Waals surface area contributed by atoms with Gasteiger partial charge in [0.05, 0.1) is 6.42 Å². The highest BCUT2D eigenvalue weighted by Crippen LogP contribution is 2.29. The fourth-order valence-corrected chi connectivity index (χ4v) is 3.67. The molecule has 2 heterocycles. The molecule has 2 saturated heterocycles. The molecule has 2 aliphatic rings. The van der Waals surface area contributed by atoms with Crippen molar-refractivity contribution < 1.29 is 14.4 Å². The number of imide groups is 1. The summed E-state index contributed by atoms with van der Waals surface area (Å²) in [5.74, 6) is -0.283. The molecule has 1 aromatic rings. The first kappa shape index (κ1) is 16.8. The molecule has 1 N–H and O–H groups in total. The molecule has 0 bridgehead atoms. The van der Waals surface area contributed by atoms with Crippen LogP contribution in [0.15, 0.2) is 30.3 Å². The minimum atomic E-state index is -0.672. The SMILES string of the molecule is CSNC(=O)C1CC(=O)N1C(=O)N1CCC[C@H](c2ccccc2)C1. The fraction of sp³-hybridized carbons (Fsp3) is 0.471. The van der Waals surface area contributed by atoms with Gasteiger partial charge < -0.3 is 4.90 Å². The maximum absolute atomic E-state index is 12.7. The van der Waals surface area contributed by atoms with Crippen molar-refractivity contribution in [2.75, 3.05) is 19.3 Å². The van der Waals surface area contributed by atoms with Crippen LogP contribution in [-0.2, 0) is 9.59 Å². The van der Waals surface area contributed by atoms with Gasteiger partial charge in [0.2, 0.25) is 5.91 Å². The van der Waals surface area contributed by atoms with Crippen LogP contribution in [0.2, 0.25) is 0 Å². The lowest BCUT2D eigenvalue weighted by molar-refractivity contribution is -0.149. The zero-order valence-corrected chi connectivity index (χ0v) is 14.4. The van der Waals surface area contributed by atoms with E-state index < -0.39 is 6.04 Å². The largest absolute Gasteiger partial charge is 0.327 e. The Bertz CT molecular complexity index is 637. The van der Waals surface area contributed by atoms with Gasteiger partial charge in [-0.25, -0.2) is 4.79 Å². The summed E-state index contributed by atoms with van der Waals surface area (Å²) in [7, 11) is 0. The number of piperidine rings is 1. The molecule has 3 rings (SSSR count). The molecule has 128 valence electrons. The number of carbonyl (C=O) groups excluding carboxylic acids is 3. The van der Waals surface area contributed by atoms with E-state index >= 15 is 0 Å². The summed E-state index contributed by atoms with van der Waals surface area (Å²) in [5.41, 5.74) is 1.21. The molecule has 1 aromatic carbocycles. The lowest BCUT2D eigenvalue weighted by atomic mass is 9.90. The van der Waals surface area contributed by atoms with E-state index in [1.165, 1.54) is 17.5 Å². The molecule has 0 radical (unpaired) electrons. The lowest BCUT2D eigenvalue weighted by Crippen LogP contribution is -2.64. The molecule has 2 atom stereocenters.